The quantitative estimate of drug-likeness (QED) is 0.710. The number of carbonyl (C=O) groups excluding carboxylic acids is 3. The fourth-order valence-corrected chi connectivity index (χ4v) is 2.07. The molecule has 1 aromatic heterocycles. The molecule has 1 atom stereocenters. The monoisotopic (exact) mass is 412 g/mol. The van der Waals surface area contributed by atoms with Gasteiger partial charge in [-0.25, -0.2) is 4.39 Å². The van der Waals surface area contributed by atoms with Gasteiger partial charge in [0.15, 0.2) is 16.5 Å². The van der Waals surface area contributed by atoms with Crippen LogP contribution in [-0.4, -0.2) is 30.4 Å². The number of rotatable bonds is 6. The molecule has 0 fully saturated rings. The molecular formula is C16H14BrFN2O5. The highest BCUT2D eigenvalue weighted by Gasteiger charge is 2.20. The van der Waals surface area contributed by atoms with Crippen LogP contribution in [0.4, 0.5) is 10.1 Å². The van der Waals surface area contributed by atoms with Gasteiger partial charge in [0.2, 0.25) is 0 Å². The molecular weight excluding hydrogens is 399 g/mol. The summed E-state index contributed by atoms with van der Waals surface area (Å²) in [5, 5.41) is 4.61. The third-order valence-corrected chi connectivity index (χ3v) is 3.43. The molecule has 1 heterocycles. The van der Waals surface area contributed by atoms with Crippen molar-refractivity contribution in [2.75, 3.05) is 11.9 Å². The van der Waals surface area contributed by atoms with Gasteiger partial charge in [-0.1, -0.05) is 12.1 Å². The van der Waals surface area contributed by atoms with E-state index >= 15 is 0 Å². The average molecular weight is 413 g/mol. The number of benzene rings is 1. The molecule has 0 unspecified atom stereocenters. The summed E-state index contributed by atoms with van der Waals surface area (Å²) in [6, 6.07) is 8.56. The molecule has 9 heteroatoms. The highest BCUT2D eigenvalue weighted by atomic mass is 79.9. The number of amides is 2. The third-order valence-electron chi connectivity index (χ3n) is 3.00. The Morgan fingerprint density at radius 1 is 1.24 bits per heavy atom. The number of nitrogens with one attached hydrogen (secondary N) is 2. The van der Waals surface area contributed by atoms with Gasteiger partial charge < -0.3 is 19.8 Å². The molecule has 2 amide bonds. The summed E-state index contributed by atoms with van der Waals surface area (Å²) in [6.07, 6.45) is -1.17. The summed E-state index contributed by atoms with van der Waals surface area (Å²) in [7, 11) is 0. The molecule has 25 heavy (non-hydrogen) atoms. The van der Waals surface area contributed by atoms with Gasteiger partial charge in [-0.15, -0.1) is 0 Å². The summed E-state index contributed by atoms with van der Waals surface area (Å²) in [5.41, 5.74) is -0.0212. The minimum Gasteiger partial charge on any atom is -0.451 e. The van der Waals surface area contributed by atoms with Crippen molar-refractivity contribution in [1.82, 2.24) is 5.32 Å². The Bertz CT molecular complexity index is 792. The Morgan fingerprint density at radius 3 is 2.60 bits per heavy atom. The smallest absolute Gasteiger partial charge is 0.326 e. The second kappa shape index (κ2) is 8.43. The summed E-state index contributed by atoms with van der Waals surface area (Å²) in [4.78, 5) is 35.3. The normalized spacial score (nSPS) is 11.5. The molecule has 0 radical (unpaired) electrons. The largest absolute Gasteiger partial charge is 0.451 e. The molecule has 2 rings (SSSR count). The number of hydrogen-bond acceptors (Lipinski definition) is 5. The van der Waals surface area contributed by atoms with Crippen LogP contribution < -0.4 is 10.6 Å². The van der Waals surface area contributed by atoms with Gasteiger partial charge in [-0.05, 0) is 47.1 Å². The lowest BCUT2D eigenvalue weighted by atomic mass is 10.3. The highest BCUT2D eigenvalue weighted by molar-refractivity contribution is 9.10. The van der Waals surface area contributed by atoms with E-state index in [0.29, 0.717) is 4.67 Å². The van der Waals surface area contributed by atoms with E-state index < -0.39 is 36.2 Å². The van der Waals surface area contributed by atoms with Crippen molar-refractivity contribution in [3.05, 3.63) is 52.6 Å². The van der Waals surface area contributed by atoms with Crippen molar-refractivity contribution in [2.24, 2.45) is 0 Å². The van der Waals surface area contributed by atoms with Crippen LogP contribution in [0.2, 0.25) is 0 Å². The molecule has 0 saturated heterocycles. The number of furan rings is 1. The summed E-state index contributed by atoms with van der Waals surface area (Å²) in [5.74, 6) is -2.71. The van der Waals surface area contributed by atoms with Crippen LogP contribution >= 0.6 is 15.9 Å². The fourth-order valence-electron chi connectivity index (χ4n) is 1.77. The van der Waals surface area contributed by atoms with Crippen molar-refractivity contribution in [3.63, 3.8) is 0 Å². The molecule has 2 N–H and O–H groups in total. The molecule has 2 aromatic rings. The minimum absolute atomic E-state index is 0.0185. The van der Waals surface area contributed by atoms with E-state index in [9.17, 15) is 18.8 Å². The molecule has 0 aliphatic rings. The zero-order valence-electron chi connectivity index (χ0n) is 13.0. The molecule has 0 bridgehead atoms. The Balaban J connectivity index is 1.80. The van der Waals surface area contributed by atoms with Crippen LogP contribution in [0.1, 0.15) is 17.5 Å². The van der Waals surface area contributed by atoms with E-state index in [4.69, 9.17) is 9.15 Å². The zero-order chi connectivity index (χ0) is 18.4. The average Bonchev–Trinajstić information content (AvgIpc) is 3.01. The van der Waals surface area contributed by atoms with E-state index in [2.05, 4.69) is 26.6 Å². The molecule has 7 nitrogen and oxygen atoms in total. The van der Waals surface area contributed by atoms with Gasteiger partial charge >= 0.3 is 5.97 Å². The first-order valence-corrected chi connectivity index (χ1v) is 7.94. The van der Waals surface area contributed by atoms with E-state index in [0.717, 1.165) is 0 Å². The summed E-state index contributed by atoms with van der Waals surface area (Å²) >= 11 is 3.05. The molecule has 1 aromatic carbocycles. The number of halogens is 2. The number of para-hydroxylation sites is 1. The van der Waals surface area contributed by atoms with Crippen LogP contribution in [0.25, 0.3) is 0 Å². The topological polar surface area (TPSA) is 97.6 Å². The SMILES string of the molecule is C[C@H](OC(=O)CNC(=O)c1ccc(Br)o1)C(=O)Nc1ccccc1F. The predicted octanol–water partition coefficient (Wildman–Crippen LogP) is 2.48. The molecule has 0 spiro atoms. The van der Waals surface area contributed by atoms with Gasteiger partial charge in [0.25, 0.3) is 11.8 Å². The van der Waals surface area contributed by atoms with Crippen LogP contribution in [0, 0.1) is 5.82 Å². The zero-order valence-corrected chi connectivity index (χ0v) is 14.6. The van der Waals surface area contributed by atoms with Gasteiger partial charge in [0.1, 0.15) is 12.4 Å². The van der Waals surface area contributed by atoms with Crippen molar-refractivity contribution >= 4 is 39.4 Å². The standard InChI is InChI=1S/C16H14BrFN2O5/c1-9(15(22)20-11-5-3-2-4-10(11)18)24-14(21)8-19-16(23)12-6-7-13(17)25-12/h2-7,9H,8H2,1H3,(H,19,23)(H,20,22)/t9-/m0/s1. The van der Waals surface area contributed by atoms with E-state index in [1.165, 1.54) is 37.3 Å². The second-order valence-corrected chi connectivity index (χ2v) is 5.67. The second-order valence-electron chi connectivity index (χ2n) is 4.89. The number of anilines is 1. The van der Waals surface area contributed by atoms with Crippen molar-refractivity contribution in [3.8, 4) is 0 Å². The summed E-state index contributed by atoms with van der Waals surface area (Å²) < 4.78 is 23.8. The first-order chi connectivity index (χ1) is 11.9. The number of esters is 1. The van der Waals surface area contributed by atoms with Crippen molar-refractivity contribution < 1.29 is 27.9 Å². The maximum absolute atomic E-state index is 13.5. The van der Waals surface area contributed by atoms with Crippen LogP contribution in [0.3, 0.4) is 0 Å². The Morgan fingerprint density at radius 2 is 1.96 bits per heavy atom. The lowest BCUT2D eigenvalue weighted by Gasteiger charge is -2.14. The predicted molar refractivity (Wildman–Crippen MR) is 89.3 cm³/mol. The maximum Gasteiger partial charge on any atom is 0.326 e. The lowest BCUT2D eigenvalue weighted by molar-refractivity contribution is -0.152. The van der Waals surface area contributed by atoms with Gasteiger partial charge in [0.05, 0.1) is 5.69 Å². The molecule has 0 aliphatic heterocycles. The van der Waals surface area contributed by atoms with E-state index in [1.807, 2.05) is 0 Å². The van der Waals surface area contributed by atoms with Crippen molar-refractivity contribution in [2.45, 2.75) is 13.0 Å². The first kappa shape index (κ1) is 18.7. The number of hydrogen-bond donors (Lipinski definition) is 2. The first-order valence-electron chi connectivity index (χ1n) is 7.15. The maximum atomic E-state index is 13.5. The van der Waals surface area contributed by atoms with Crippen LogP contribution in [0.5, 0.6) is 0 Å². The minimum atomic E-state index is -1.17. The Hall–Kier alpha value is -2.68. The van der Waals surface area contributed by atoms with Crippen LogP contribution in [0.15, 0.2) is 45.5 Å². The van der Waals surface area contributed by atoms with Crippen LogP contribution in [-0.2, 0) is 14.3 Å². The number of carbonyl (C=O) groups is 3. The lowest BCUT2D eigenvalue weighted by Crippen LogP contribution is -2.35. The van der Waals surface area contributed by atoms with E-state index in [1.54, 1.807) is 6.07 Å². The van der Waals surface area contributed by atoms with Gasteiger partial charge in [0, 0.05) is 0 Å². The molecule has 0 aliphatic carbocycles. The molecule has 0 saturated carbocycles. The van der Waals surface area contributed by atoms with E-state index in [-0.39, 0.29) is 11.4 Å². The molecule has 132 valence electrons. The van der Waals surface area contributed by atoms with Gasteiger partial charge in [-0.2, -0.15) is 0 Å². The fraction of sp³-hybridized carbons (Fsp3) is 0.188. The Kier molecular flexibility index (Phi) is 6.29. The highest BCUT2D eigenvalue weighted by Crippen LogP contribution is 2.14. The van der Waals surface area contributed by atoms with Gasteiger partial charge in [-0.3, -0.25) is 14.4 Å². The number of ether oxygens (including phenoxy) is 1. The van der Waals surface area contributed by atoms with Crippen molar-refractivity contribution in [1.29, 1.82) is 0 Å². The third kappa shape index (κ3) is 5.42. The summed E-state index contributed by atoms with van der Waals surface area (Å²) in [6.45, 7) is 0.883. The Labute approximate surface area is 150 Å².